The molecular formula is C20H24N2O4S. The minimum atomic E-state index is -3.42. The second kappa shape index (κ2) is 6.78. The van der Waals surface area contributed by atoms with Crippen molar-refractivity contribution >= 4 is 15.8 Å². The molecular weight excluding hydrogens is 364 g/mol. The van der Waals surface area contributed by atoms with Gasteiger partial charge < -0.3 is 9.30 Å². The number of aromatic nitrogens is 2. The average molecular weight is 388 g/mol. The fraction of sp³-hybridized carbons (Fsp3) is 0.500. The Morgan fingerprint density at radius 3 is 2.74 bits per heavy atom. The molecule has 2 aliphatic rings. The molecule has 1 aromatic carbocycles. The van der Waals surface area contributed by atoms with Crippen molar-refractivity contribution < 1.29 is 17.9 Å². The van der Waals surface area contributed by atoms with E-state index in [0.717, 1.165) is 24.8 Å². The molecule has 27 heavy (non-hydrogen) atoms. The SMILES string of the molecule is CCOC(=O)c1cncn1C1CC2(CCCCC2)S(=O)(=O)c2ccccc21. The predicted molar refractivity (Wildman–Crippen MR) is 100 cm³/mol. The maximum absolute atomic E-state index is 13.5. The number of rotatable bonds is 3. The molecule has 0 saturated heterocycles. The number of hydrogen-bond donors (Lipinski definition) is 0. The van der Waals surface area contributed by atoms with E-state index in [1.165, 1.54) is 6.20 Å². The first-order chi connectivity index (χ1) is 13.0. The van der Waals surface area contributed by atoms with Crippen LogP contribution in [-0.2, 0) is 14.6 Å². The van der Waals surface area contributed by atoms with Gasteiger partial charge in [-0.1, -0.05) is 37.5 Å². The van der Waals surface area contributed by atoms with E-state index in [9.17, 15) is 13.2 Å². The van der Waals surface area contributed by atoms with Gasteiger partial charge in [0.15, 0.2) is 9.84 Å². The van der Waals surface area contributed by atoms with Gasteiger partial charge in [-0.3, -0.25) is 0 Å². The summed E-state index contributed by atoms with van der Waals surface area (Å²) in [6.07, 6.45) is 7.83. The highest BCUT2D eigenvalue weighted by molar-refractivity contribution is 7.93. The number of nitrogens with zero attached hydrogens (tertiary/aromatic N) is 2. The van der Waals surface area contributed by atoms with Gasteiger partial charge in [0.2, 0.25) is 0 Å². The van der Waals surface area contributed by atoms with Gasteiger partial charge in [0.1, 0.15) is 5.69 Å². The molecule has 1 spiro atoms. The largest absolute Gasteiger partial charge is 0.461 e. The highest BCUT2D eigenvalue weighted by atomic mass is 32.2. The summed E-state index contributed by atoms with van der Waals surface area (Å²) in [7, 11) is -3.42. The van der Waals surface area contributed by atoms with Gasteiger partial charge >= 0.3 is 5.97 Å². The van der Waals surface area contributed by atoms with E-state index >= 15 is 0 Å². The molecule has 6 nitrogen and oxygen atoms in total. The van der Waals surface area contributed by atoms with Crippen LogP contribution in [0.1, 0.15) is 67.5 Å². The minimum Gasteiger partial charge on any atom is -0.461 e. The molecule has 1 aromatic heterocycles. The quantitative estimate of drug-likeness (QED) is 0.752. The first kappa shape index (κ1) is 18.2. The van der Waals surface area contributed by atoms with Crippen LogP contribution in [0.3, 0.4) is 0 Å². The van der Waals surface area contributed by atoms with Gasteiger partial charge in [-0.05, 0) is 37.8 Å². The maximum atomic E-state index is 13.5. The molecule has 1 atom stereocenters. The van der Waals surface area contributed by atoms with Crippen LogP contribution in [0.25, 0.3) is 0 Å². The molecule has 0 amide bonds. The van der Waals surface area contributed by atoms with Crippen molar-refractivity contribution in [1.29, 1.82) is 0 Å². The first-order valence-electron chi connectivity index (χ1n) is 9.53. The third kappa shape index (κ3) is 2.79. The van der Waals surface area contributed by atoms with Crippen LogP contribution in [0.4, 0.5) is 0 Å². The zero-order chi connectivity index (χ0) is 19.1. The molecule has 1 fully saturated rings. The van der Waals surface area contributed by atoms with Crippen molar-refractivity contribution in [2.75, 3.05) is 6.61 Å². The summed E-state index contributed by atoms with van der Waals surface area (Å²) in [4.78, 5) is 16.9. The molecule has 1 saturated carbocycles. The van der Waals surface area contributed by atoms with Gasteiger partial charge in [-0.2, -0.15) is 0 Å². The van der Waals surface area contributed by atoms with Crippen molar-refractivity contribution in [2.24, 2.45) is 0 Å². The smallest absolute Gasteiger partial charge is 0.356 e. The molecule has 2 aromatic rings. The predicted octanol–water partition coefficient (Wildman–Crippen LogP) is 3.53. The molecule has 0 radical (unpaired) electrons. The van der Waals surface area contributed by atoms with Gasteiger partial charge in [-0.15, -0.1) is 0 Å². The van der Waals surface area contributed by atoms with E-state index < -0.39 is 20.6 Å². The normalized spacial score (nSPS) is 22.9. The van der Waals surface area contributed by atoms with Gasteiger partial charge in [0.25, 0.3) is 0 Å². The number of benzene rings is 1. The Bertz CT molecular complexity index is 958. The lowest BCUT2D eigenvalue weighted by Crippen LogP contribution is -2.46. The number of sulfone groups is 1. The lowest BCUT2D eigenvalue weighted by atomic mass is 9.81. The van der Waals surface area contributed by atoms with Gasteiger partial charge in [-0.25, -0.2) is 18.2 Å². The highest BCUT2D eigenvalue weighted by Crippen LogP contribution is 2.51. The molecule has 1 aliphatic heterocycles. The molecule has 144 valence electrons. The number of hydrogen-bond acceptors (Lipinski definition) is 5. The summed E-state index contributed by atoms with van der Waals surface area (Å²) in [6, 6.07) is 6.93. The van der Waals surface area contributed by atoms with Crippen LogP contribution >= 0.6 is 0 Å². The fourth-order valence-corrected chi connectivity index (χ4v) is 7.08. The minimum absolute atomic E-state index is 0.246. The van der Waals surface area contributed by atoms with Crippen LogP contribution in [0.2, 0.25) is 0 Å². The van der Waals surface area contributed by atoms with Crippen LogP contribution in [0.15, 0.2) is 41.7 Å². The second-order valence-electron chi connectivity index (χ2n) is 7.41. The summed E-state index contributed by atoms with van der Waals surface area (Å²) >= 11 is 0. The zero-order valence-corrected chi connectivity index (χ0v) is 16.2. The maximum Gasteiger partial charge on any atom is 0.356 e. The van der Waals surface area contributed by atoms with Crippen molar-refractivity contribution in [2.45, 2.75) is 61.1 Å². The Balaban J connectivity index is 1.87. The van der Waals surface area contributed by atoms with E-state index in [0.29, 0.717) is 29.9 Å². The zero-order valence-electron chi connectivity index (χ0n) is 15.4. The monoisotopic (exact) mass is 388 g/mol. The molecule has 0 N–H and O–H groups in total. The Labute approximate surface area is 159 Å². The van der Waals surface area contributed by atoms with E-state index in [2.05, 4.69) is 4.98 Å². The Kier molecular flexibility index (Phi) is 4.58. The molecule has 1 unspecified atom stereocenters. The van der Waals surface area contributed by atoms with Crippen LogP contribution in [-0.4, -0.2) is 35.3 Å². The number of fused-ring (bicyclic) bond motifs is 1. The number of carbonyl (C=O) groups excluding carboxylic acids is 1. The second-order valence-corrected chi connectivity index (χ2v) is 9.72. The number of carbonyl (C=O) groups is 1. The van der Waals surface area contributed by atoms with Crippen LogP contribution in [0, 0.1) is 0 Å². The third-order valence-electron chi connectivity index (χ3n) is 5.95. The summed E-state index contributed by atoms with van der Waals surface area (Å²) in [5.74, 6) is -0.432. The van der Waals surface area contributed by atoms with E-state index in [1.54, 1.807) is 30.0 Å². The van der Waals surface area contributed by atoms with Crippen molar-refractivity contribution in [3.05, 3.63) is 48.0 Å². The first-order valence-corrected chi connectivity index (χ1v) is 11.0. The van der Waals surface area contributed by atoms with E-state index in [1.807, 2.05) is 12.1 Å². The standard InChI is InChI=1S/C20H24N2O4S/c1-2-26-19(23)17-13-21-14-22(17)16-12-20(10-6-3-7-11-20)27(24,25)18-9-5-4-8-15(16)18/h4-5,8-9,13-14,16H,2-3,6-7,10-12H2,1H3. The summed E-state index contributed by atoms with van der Waals surface area (Å²) in [5, 5.41) is 0. The molecule has 0 bridgehead atoms. The third-order valence-corrected chi connectivity index (χ3v) is 8.62. The summed E-state index contributed by atoms with van der Waals surface area (Å²) < 4.78 is 33.2. The summed E-state index contributed by atoms with van der Waals surface area (Å²) in [6.45, 7) is 2.04. The number of esters is 1. The van der Waals surface area contributed by atoms with Crippen molar-refractivity contribution in [1.82, 2.24) is 9.55 Å². The fourth-order valence-electron chi connectivity index (χ4n) is 4.64. The van der Waals surface area contributed by atoms with Gasteiger partial charge in [0, 0.05) is 0 Å². The Morgan fingerprint density at radius 2 is 2.00 bits per heavy atom. The average Bonchev–Trinajstić information content (AvgIpc) is 3.16. The van der Waals surface area contributed by atoms with E-state index in [4.69, 9.17) is 4.74 Å². The molecule has 2 heterocycles. The van der Waals surface area contributed by atoms with Crippen LogP contribution < -0.4 is 0 Å². The topological polar surface area (TPSA) is 78.3 Å². The highest BCUT2D eigenvalue weighted by Gasteiger charge is 2.52. The Hall–Kier alpha value is -2.15. The molecule has 1 aliphatic carbocycles. The van der Waals surface area contributed by atoms with Crippen LogP contribution in [0.5, 0.6) is 0 Å². The lowest BCUT2D eigenvalue weighted by molar-refractivity contribution is 0.0511. The number of imidazole rings is 1. The molecule has 4 rings (SSSR count). The number of ether oxygens (including phenoxy) is 1. The molecule has 7 heteroatoms. The lowest BCUT2D eigenvalue weighted by Gasteiger charge is -2.44. The summed E-state index contributed by atoms with van der Waals surface area (Å²) in [5.41, 5.74) is 1.10. The van der Waals surface area contributed by atoms with Crippen molar-refractivity contribution in [3.8, 4) is 0 Å². The Morgan fingerprint density at radius 1 is 1.26 bits per heavy atom. The van der Waals surface area contributed by atoms with Crippen molar-refractivity contribution in [3.63, 3.8) is 0 Å². The van der Waals surface area contributed by atoms with E-state index in [-0.39, 0.29) is 12.6 Å². The van der Waals surface area contributed by atoms with Gasteiger partial charge in [0.05, 0.1) is 34.8 Å².